The number of aliphatic hydroxyl groups is 1. The maximum atomic E-state index is 12.7. The number of pyridine rings is 1. The molecule has 4 atom stereocenters. The second kappa shape index (κ2) is 13.4. The standard InChI is InChI=1S/C34H32N4O4S/c1-22-30(21-43-31-8-4-5-17-35-31)41-34(42-32(22)25-13-11-24(20-39)12-14-25)26-15-9-23(10-16-26)18-37-33(40)29-19-36-27-6-2-3-7-28(27)38-29/h2-17,19,22,30,32,34,39H,18,20-21H2,1H3,(H,37,40)/t22-,30+,32+,34+/m1/s1. The fourth-order valence-corrected chi connectivity index (χ4v) is 6.07. The van der Waals surface area contributed by atoms with Gasteiger partial charge < -0.3 is 19.9 Å². The number of carbonyl (C=O) groups is 1. The fourth-order valence-electron chi connectivity index (χ4n) is 5.04. The molecule has 8 nitrogen and oxygen atoms in total. The van der Waals surface area contributed by atoms with Gasteiger partial charge in [-0.15, -0.1) is 11.8 Å². The van der Waals surface area contributed by atoms with Crippen molar-refractivity contribution in [3.05, 3.63) is 131 Å². The number of hydrogen-bond donors (Lipinski definition) is 2. The molecule has 0 unspecified atom stereocenters. The van der Waals surface area contributed by atoms with Gasteiger partial charge in [-0.1, -0.05) is 73.7 Å². The Morgan fingerprint density at radius 3 is 2.33 bits per heavy atom. The number of hydrogen-bond acceptors (Lipinski definition) is 8. The highest BCUT2D eigenvalue weighted by atomic mass is 32.2. The average Bonchev–Trinajstić information content (AvgIpc) is 3.07. The van der Waals surface area contributed by atoms with Crippen LogP contribution < -0.4 is 5.32 Å². The zero-order chi connectivity index (χ0) is 29.6. The van der Waals surface area contributed by atoms with Crippen LogP contribution in [0.2, 0.25) is 0 Å². The maximum absolute atomic E-state index is 12.7. The Morgan fingerprint density at radius 1 is 0.860 bits per heavy atom. The van der Waals surface area contributed by atoms with Gasteiger partial charge in [0, 0.05) is 30.0 Å². The van der Waals surface area contributed by atoms with Crippen molar-refractivity contribution in [3.8, 4) is 0 Å². The minimum Gasteiger partial charge on any atom is -0.392 e. The second-order valence-corrected chi connectivity index (χ2v) is 11.5. The number of amides is 1. The molecule has 1 saturated heterocycles. The van der Waals surface area contributed by atoms with E-state index < -0.39 is 6.29 Å². The Hall–Kier alpha value is -4.15. The molecule has 6 rings (SSSR count). The first kappa shape index (κ1) is 28.9. The number of thioether (sulfide) groups is 1. The zero-order valence-electron chi connectivity index (χ0n) is 23.7. The van der Waals surface area contributed by atoms with Gasteiger partial charge in [0.1, 0.15) is 5.69 Å². The van der Waals surface area contributed by atoms with Crippen molar-refractivity contribution in [3.63, 3.8) is 0 Å². The predicted molar refractivity (Wildman–Crippen MR) is 165 cm³/mol. The van der Waals surface area contributed by atoms with Gasteiger partial charge in [0.2, 0.25) is 0 Å². The molecule has 2 N–H and O–H groups in total. The summed E-state index contributed by atoms with van der Waals surface area (Å²) in [5, 5.41) is 13.4. The summed E-state index contributed by atoms with van der Waals surface area (Å²) >= 11 is 1.67. The van der Waals surface area contributed by atoms with Gasteiger partial charge in [-0.25, -0.2) is 9.97 Å². The van der Waals surface area contributed by atoms with E-state index in [-0.39, 0.29) is 36.3 Å². The molecule has 0 saturated carbocycles. The highest BCUT2D eigenvalue weighted by Gasteiger charge is 2.38. The minimum atomic E-state index is -0.565. The lowest BCUT2D eigenvalue weighted by Crippen LogP contribution is -2.38. The van der Waals surface area contributed by atoms with Crippen molar-refractivity contribution in [2.75, 3.05) is 5.75 Å². The third kappa shape index (κ3) is 6.92. The number of nitrogens with one attached hydrogen (secondary N) is 1. The van der Waals surface area contributed by atoms with Gasteiger partial charge in [-0.3, -0.25) is 9.78 Å². The van der Waals surface area contributed by atoms with Crippen LogP contribution in [-0.2, 0) is 22.6 Å². The third-order valence-electron chi connectivity index (χ3n) is 7.54. The quantitative estimate of drug-likeness (QED) is 0.200. The van der Waals surface area contributed by atoms with Gasteiger partial charge >= 0.3 is 0 Å². The van der Waals surface area contributed by atoms with E-state index >= 15 is 0 Å². The van der Waals surface area contributed by atoms with Crippen LogP contribution in [0, 0.1) is 5.92 Å². The average molecular weight is 593 g/mol. The maximum Gasteiger partial charge on any atom is 0.271 e. The number of carbonyl (C=O) groups excluding carboxylic acids is 1. The van der Waals surface area contributed by atoms with Crippen molar-refractivity contribution in [1.29, 1.82) is 0 Å². The molecule has 2 aromatic heterocycles. The van der Waals surface area contributed by atoms with Crippen molar-refractivity contribution in [1.82, 2.24) is 20.3 Å². The zero-order valence-corrected chi connectivity index (χ0v) is 24.5. The first-order chi connectivity index (χ1) is 21.1. The van der Waals surface area contributed by atoms with Gasteiger partial charge in [0.05, 0.1) is 41.1 Å². The number of rotatable bonds is 9. The van der Waals surface area contributed by atoms with Crippen molar-refractivity contribution in [2.24, 2.45) is 5.92 Å². The van der Waals surface area contributed by atoms with Gasteiger partial charge in [-0.2, -0.15) is 0 Å². The monoisotopic (exact) mass is 592 g/mol. The Balaban J connectivity index is 1.15. The number of para-hydroxylation sites is 2. The molecule has 1 fully saturated rings. The molecule has 3 heterocycles. The Morgan fingerprint density at radius 2 is 1.58 bits per heavy atom. The van der Waals surface area contributed by atoms with E-state index in [4.69, 9.17) is 9.47 Å². The third-order valence-corrected chi connectivity index (χ3v) is 8.58. The number of aliphatic hydroxyl groups excluding tert-OH is 1. The summed E-state index contributed by atoms with van der Waals surface area (Å²) < 4.78 is 13.1. The van der Waals surface area contributed by atoms with Crippen molar-refractivity contribution < 1.29 is 19.4 Å². The first-order valence-electron chi connectivity index (χ1n) is 14.2. The second-order valence-electron chi connectivity index (χ2n) is 10.5. The van der Waals surface area contributed by atoms with Gasteiger partial charge in [0.25, 0.3) is 5.91 Å². The summed E-state index contributed by atoms with van der Waals surface area (Å²) in [6.07, 6.45) is 2.45. The van der Waals surface area contributed by atoms with E-state index in [0.717, 1.165) is 38.5 Å². The van der Waals surface area contributed by atoms with Crippen LogP contribution in [0.15, 0.2) is 108 Å². The lowest BCUT2D eigenvalue weighted by molar-refractivity contribution is -0.268. The summed E-state index contributed by atoms with van der Waals surface area (Å²) in [5.41, 5.74) is 5.44. The summed E-state index contributed by atoms with van der Waals surface area (Å²) in [6, 6.07) is 29.1. The van der Waals surface area contributed by atoms with E-state index in [1.165, 1.54) is 6.20 Å². The topological polar surface area (TPSA) is 106 Å². The van der Waals surface area contributed by atoms with Crippen molar-refractivity contribution in [2.45, 2.75) is 43.6 Å². The molecule has 0 spiro atoms. The van der Waals surface area contributed by atoms with Crippen LogP contribution in [0.25, 0.3) is 11.0 Å². The number of nitrogens with zero attached hydrogens (tertiary/aromatic N) is 3. The summed E-state index contributed by atoms with van der Waals surface area (Å²) in [7, 11) is 0. The molecule has 1 aliphatic rings. The molecular formula is C34H32N4O4S. The van der Waals surface area contributed by atoms with Crippen LogP contribution in [0.3, 0.4) is 0 Å². The molecule has 9 heteroatoms. The smallest absolute Gasteiger partial charge is 0.271 e. The van der Waals surface area contributed by atoms with E-state index in [1.54, 1.807) is 18.0 Å². The lowest BCUT2D eigenvalue weighted by Gasteiger charge is -2.41. The van der Waals surface area contributed by atoms with Crippen LogP contribution in [0.1, 0.15) is 52.1 Å². The fraction of sp³-hybridized carbons (Fsp3) is 0.235. The van der Waals surface area contributed by atoms with E-state index in [1.807, 2.05) is 91.0 Å². The lowest BCUT2D eigenvalue weighted by atomic mass is 9.91. The summed E-state index contributed by atoms with van der Waals surface area (Å²) in [6.45, 7) is 2.50. The number of ether oxygens (including phenoxy) is 2. The minimum absolute atomic E-state index is 0.00110. The van der Waals surface area contributed by atoms with Crippen molar-refractivity contribution >= 4 is 28.7 Å². The van der Waals surface area contributed by atoms with E-state index in [2.05, 4.69) is 27.2 Å². The highest BCUT2D eigenvalue weighted by Crippen LogP contribution is 2.42. The summed E-state index contributed by atoms with van der Waals surface area (Å²) in [4.78, 5) is 26.0. The number of aromatic nitrogens is 3. The molecule has 1 aliphatic heterocycles. The molecule has 0 aliphatic carbocycles. The molecule has 1 amide bonds. The largest absolute Gasteiger partial charge is 0.392 e. The first-order valence-corrected chi connectivity index (χ1v) is 15.2. The van der Waals surface area contributed by atoms with Crippen LogP contribution >= 0.6 is 11.8 Å². The van der Waals surface area contributed by atoms with E-state index in [0.29, 0.717) is 12.1 Å². The normalized spacial score (nSPS) is 20.1. The van der Waals surface area contributed by atoms with Crippen LogP contribution in [0.4, 0.5) is 0 Å². The summed E-state index contributed by atoms with van der Waals surface area (Å²) in [5.74, 6) is 0.532. The molecule has 0 radical (unpaired) electrons. The number of benzene rings is 3. The molecule has 3 aromatic carbocycles. The van der Waals surface area contributed by atoms with Gasteiger partial charge in [0.15, 0.2) is 6.29 Å². The highest BCUT2D eigenvalue weighted by molar-refractivity contribution is 7.99. The Kier molecular flexibility index (Phi) is 9.04. The van der Waals surface area contributed by atoms with E-state index in [9.17, 15) is 9.90 Å². The van der Waals surface area contributed by atoms with Crippen LogP contribution in [-0.4, -0.2) is 37.8 Å². The molecule has 43 heavy (non-hydrogen) atoms. The predicted octanol–water partition coefficient (Wildman–Crippen LogP) is 6.03. The SMILES string of the molecule is C[C@@H]1[C@H](CSc2ccccn2)O[C@H](c2ccc(CNC(=O)c3cnc4ccccc4n3)cc2)O[C@@H]1c1ccc(CO)cc1. The Bertz CT molecular complexity index is 1670. The molecule has 0 bridgehead atoms. The van der Waals surface area contributed by atoms with Crippen LogP contribution in [0.5, 0.6) is 0 Å². The Labute approximate surface area is 254 Å². The number of fused-ring (bicyclic) bond motifs is 1. The molecule has 5 aromatic rings. The molecular weight excluding hydrogens is 560 g/mol. The van der Waals surface area contributed by atoms with Gasteiger partial charge in [-0.05, 0) is 41.0 Å². The molecule has 218 valence electrons.